The molecule has 2 rings (SSSR count). The van der Waals surface area contributed by atoms with Gasteiger partial charge < -0.3 is 9.63 Å². The van der Waals surface area contributed by atoms with Gasteiger partial charge in [0.15, 0.2) is 5.82 Å². The van der Waals surface area contributed by atoms with E-state index >= 15 is 0 Å². The highest BCUT2D eigenvalue weighted by molar-refractivity contribution is 7.92. The zero-order valence-electron chi connectivity index (χ0n) is 9.50. The number of halogens is 2. The standard InChI is InChI=1S/C10H6Cl2N2O5S/c11-6-4-7(12)8(3-5(6)10(15)16)20(17,18)14-9-1-2-19-13-9/h1-4H,(H,13,14)(H,15,16). The summed E-state index contributed by atoms with van der Waals surface area (Å²) in [6.07, 6.45) is 1.17. The summed E-state index contributed by atoms with van der Waals surface area (Å²) in [6, 6.07) is 3.19. The molecule has 1 aromatic carbocycles. The third-order valence-electron chi connectivity index (χ3n) is 2.22. The number of anilines is 1. The predicted molar refractivity (Wildman–Crippen MR) is 70.7 cm³/mol. The van der Waals surface area contributed by atoms with Crippen LogP contribution in [0.1, 0.15) is 10.4 Å². The van der Waals surface area contributed by atoms with Gasteiger partial charge in [-0.25, -0.2) is 13.2 Å². The van der Waals surface area contributed by atoms with Gasteiger partial charge in [-0.2, -0.15) is 0 Å². The Morgan fingerprint density at radius 2 is 2.00 bits per heavy atom. The minimum atomic E-state index is -4.11. The van der Waals surface area contributed by atoms with Crippen LogP contribution >= 0.6 is 23.2 Å². The molecule has 0 atom stereocenters. The third-order valence-corrected chi connectivity index (χ3v) is 4.35. The molecular formula is C10H6Cl2N2O5S. The van der Waals surface area contributed by atoms with Gasteiger partial charge in [0.25, 0.3) is 10.0 Å². The Morgan fingerprint density at radius 1 is 1.30 bits per heavy atom. The van der Waals surface area contributed by atoms with E-state index in [1.54, 1.807) is 0 Å². The van der Waals surface area contributed by atoms with E-state index in [0.29, 0.717) is 0 Å². The van der Waals surface area contributed by atoms with E-state index in [1.807, 2.05) is 0 Å². The number of hydrogen-bond donors (Lipinski definition) is 2. The minimum absolute atomic E-state index is 0.0621. The Bertz CT molecular complexity index is 758. The molecule has 0 unspecified atom stereocenters. The van der Waals surface area contributed by atoms with Gasteiger partial charge in [0, 0.05) is 6.07 Å². The highest BCUT2D eigenvalue weighted by Crippen LogP contribution is 2.29. The average Bonchev–Trinajstić information content (AvgIpc) is 2.79. The molecule has 0 saturated carbocycles. The highest BCUT2D eigenvalue weighted by atomic mass is 35.5. The molecule has 0 fully saturated rings. The molecule has 0 amide bonds. The van der Waals surface area contributed by atoms with E-state index in [2.05, 4.69) is 14.4 Å². The zero-order valence-corrected chi connectivity index (χ0v) is 11.8. The summed E-state index contributed by atoms with van der Waals surface area (Å²) in [5, 5.41) is 11.9. The zero-order chi connectivity index (χ0) is 14.9. The van der Waals surface area contributed by atoms with Crippen LogP contribution in [0.25, 0.3) is 0 Å². The summed E-state index contributed by atoms with van der Waals surface area (Å²) in [7, 11) is -4.11. The van der Waals surface area contributed by atoms with Crippen LogP contribution in [0.5, 0.6) is 0 Å². The monoisotopic (exact) mass is 336 g/mol. The topological polar surface area (TPSA) is 110 Å². The van der Waals surface area contributed by atoms with Crippen molar-refractivity contribution in [2.24, 2.45) is 0 Å². The van der Waals surface area contributed by atoms with Gasteiger partial charge in [-0.15, -0.1) is 0 Å². The van der Waals surface area contributed by atoms with Crippen LogP contribution in [0.2, 0.25) is 10.0 Å². The first-order chi connectivity index (χ1) is 9.31. The quantitative estimate of drug-likeness (QED) is 0.887. The molecule has 0 bridgehead atoms. The van der Waals surface area contributed by atoms with Crippen molar-refractivity contribution in [1.82, 2.24) is 5.16 Å². The summed E-state index contributed by atoms with van der Waals surface area (Å²) in [6.45, 7) is 0. The van der Waals surface area contributed by atoms with Crippen LogP contribution < -0.4 is 4.72 Å². The summed E-state index contributed by atoms with van der Waals surface area (Å²) < 4.78 is 30.8. The van der Waals surface area contributed by atoms with E-state index < -0.39 is 20.9 Å². The van der Waals surface area contributed by atoms with Crippen molar-refractivity contribution in [2.45, 2.75) is 4.90 Å². The second-order valence-electron chi connectivity index (χ2n) is 3.56. The van der Waals surface area contributed by atoms with E-state index in [4.69, 9.17) is 28.3 Å². The van der Waals surface area contributed by atoms with Gasteiger partial charge in [-0.05, 0) is 12.1 Å². The number of nitrogens with zero attached hydrogens (tertiary/aromatic N) is 1. The molecule has 2 N–H and O–H groups in total. The van der Waals surface area contributed by atoms with E-state index in [0.717, 1.165) is 12.1 Å². The smallest absolute Gasteiger partial charge is 0.337 e. The average molecular weight is 337 g/mol. The minimum Gasteiger partial charge on any atom is -0.478 e. The Balaban J connectivity index is 2.51. The Labute approximate surface area is 123 Å². The Hall–Kier alpha value is -1.77. The maximum absolute atomic E-state index is 12.1. The van der Waals surface area contributed by atoms with Crippen LogP contribution in [-0.2, 0) is 10.0 Å². The van der Waals surface area contributed by atoms with Gasteiger partial charge in [0.2, 0.25) is 0 Å². The van der Waals surface area contributed by atoms with Crippen molar-refractivity contribution >= 4 is 45.0 Å². The lowest BCUT2D eigenvalue weighted by Crippen LogP contribution is -2.14. The number of sulfonamides is 1. The fraction of sp³-hybridized carbons (Fsp3) is 0. The van der Waals surface area contributed by atoms with Crippen LogP contribution in [-0.4, -0.2) is 24.7 Å². The molecule has 0 saturated heterocycles. The molecule has 2 aromatic rings. The molecule has 106 valence electrons. The number of rotatable bonds is 4. The molecule has 20 heavy (non-hydrogen) atoms. The fourth-order valence-electron chi connectivity index (χ4n) is 1.36. The Morgan fingerprint density at radius 3 is 2.55 bits per heavy atom. The van der Waals surface area contributed by atoms with Crippen molar-refractivity contribution in [1.29, 1.82) is 0 Å². The van der Waals surface area contributed by atoms with Crippen molar-refractivity contribution in [2.75, 3.05) is 4.72 Å². The first-order valence-electron chi connectivity index (χ1n) is 4.97. The molecule has 0 spiro atoms. The van der Waals surface area contributed by atoms with E-state index in [9.17, 15) is 13.2 Å². The molecule has 10 heteroatoms. The van der Waals surface area contributed by atoms with Crippen LogP contribution in [0.15, 0.2) is 33.9 Å². The fourth-order valence-corrected chi connectivity index (χ4v) is 3.20. The maximum atomic E-state index is 12.1. The number of aromatic carboxylic acids is 1. The maximum Gasteiger partial charge on any atom is 0.337 e. The molecule has 1 heterocycles. The summed E-state index contributed by atoms with van der Waals surface area (Å²) >= 11 is 11.5. The first kappa shape index (κ1) is 14.6. The molecule has 0 radical (unpaired) electrons. The first-order valence-corrected chi connectivity index (χ1v) is 7.20. The predicted octanol–water partition coefficient (Wildman–Crippen LogP) is 2.48. The van der Waals surface area contributed by atoms with Crippen molar-refractivity contribution < 1.29 is 22.8 Å². The van der Waals surface area contributed by atoms with Crippen LogP contribution in [0.3, 0.4) is 0 Å². The second kappa shape index (κ2) is 5.31. The SMILES string of the molecule is O=C(O)c1cc(S(=O)(=O)Nc2ccon2)c(Cl)cc1Cl. The molecule has 7 nitrogen and oxygen atoms in total. The van der Waals surface area contributed by atoms with Crippen molar-refractivity contribution in [3.05, 3.63) is 40.1 Å². The third kappa shape index (κ3) is 2.87. The molecule has 0 aliphatic carbocycles. The van der Waals surface area contributed by atoms with Gasteiger partial charge in [0.1, 0.15) is 11.2 Å². The molecule has 1 aromatic heterocycles. The Kier molecular flexibility index (Phi) is 3.89. The number of aromatic nitrogens is 1. The lowest BCUT2D eigenvalue weighted by Gasteiger charge is -2.09. The lowest BCUT2D eigenvalue weighted by atomic mass is 10.2. The van der Waals surface area contributed by atoms with Crippen molar-refractivity contribution in [3.63, 3.8) is 0 Å². The van der Waals surface area contributed by atoms with Crippen molar-refractivity contribution in [3.8, 4) is 0 Å². The van der Waals surface area contributed by atoms with E-state index in [-0.39, 0.29) is 21.4 Å². The van der Waals surface area contributed by atoms with Gasteiger partial charge >= 0.3 is 5.97 Å². The largest absolute Gasteiger partial charge is 0.478 e. The molecule has 0 aliphatic heterocycles. The van der Waals surface area contributed by atoms with Crippen LogP contribution in [0, 0.1) is 0 Å². The van der Waals surface area contributed by atoms with E-state index in [1.165, 1.54) is 12.3 Å². The summed E-state index contributed by atoms with van der Waals surface area (Å²) in [5.41, 5.74) is -0.378. The number of hydrogen-bond acceptors (Lipinski definition) is 5. The number of carbonyl (C=O) groups is 1. The summed E-state index contributed by atoms with van der Waals surface area (Å²) in [5.74, 6) is -1.43. The lowest BCUT2D eigenvalue weighted by molar-refractivity contribution is 0.0697. The number of nitrogens with one attached hydrogen (secondary N) is 1. The molecule has 0 aliphatic rings. The number of benzene rings is 1. The van der Waals surface area contributed by atoms with Crippen LogP contribution in [0.4, 0.5) is 5.82 Å². The number of carboxylic acids is 1. The van der Waals surface area contributed by atoms with Gasteiger partial charge in [0.05, 0.1) is 15.6 Å². The number of carboxylic acid groups (broad SMARTS) is 1. The second-order valence-corrected chi connectivity index (χ2v) is 6.02. The van der Waals surface area contributed by atoms with Gasteiger partial charge in [-0.1, -0.05) is 28.4 Å². The highest BCUT2D eigenvalue weighted by Gasteiger charge is 2.23. The van der Waals surface area contributed by atoms with Gasteiger partial charge in [-0.3, -0.25) is 4.72 Å². The normalized spacial score (nSPS) is 11.3. The molecular weight excluding hydrogens is 331 g/mol. The summed E-state index contributed by atoms with van der Waals surface area (Å²) in [4.78, 5) is 10.5.